The van der Waals surface area contributed by atoms with E-state index in [4.69, 9.17) is 4.74 Å². The van der Waals surface area contributed by atoms with Crippen molar-refractivity contribution in [3.63, 3.8) is 0 Å². The summed E-state index contributed by atoms with van der Waals surface area (Å²) in [4.78, 5) is 12.1. The summed E-state index contributed by atoms with van der Waals surface area (Å²) in [5.74, 6) is 0.0148. The monoisotopic (exact) mass is 344 g/mol. The molecule has 0 saturated carbocycles. The quantitative estimate of drug-likeness (QED) is 0.772. The van der Waals surface area contributed by atoms with Crippen molar-refractivity contribution < 1.29 is 9.53 Å². The fourth-order valence-electron chi connectivity index (χ4n) is 2.00. The summed E-state index contributed by atoms with van der Waals surface area (Å²) >= 11 is 2.91. The molecular formula is C14H24N4O2S2. The van der Waals surface area contributed by atoms with E-state index in [9.17, 15) is 4.79 Å². The number of amides is 1. The average Bonchev–Trinajstić information content (AvgIpc) is 3.06. The van der Waals surface area contributed by atoms with E-state index >= 15 is 0 Å². The van der Waals surface area contributed by atoms with Crippen LogP contribution in [0.3, 0.4) is 0 Å². The first-order valence-electron chi connectivity index (χ1n) is 7.51. The van der Waals surface area contributed by atoms with E-state index in [2.05, 4.69) is 41.6 Å². The summed E-state index contributed by atoms with van der Waals surface area (Å²) in [7, 11) is 0. The molecule has 0 aliphatic carbocycles. The van der Waals surface area contributed by atoms with Crippen LogP contribution in [0.5, 0.6) is 0 Å². The molecule has 124 valence electrons. The zero-order valence-electron chi connectivity index (χ0n) is 13.5. The molecule has 22 heavy (non-hydrogen) atoms. The lowest BCUT2D eigenvalue weighted by Gasteiger charge is -2.18. The number of nitrogens with one attached hydrogen (secondary N) is 2. The van der Waals surface area contributed by atoms with Gasteiger partial charge in [0.15, 0.2) is 4.34 Å². The maximum Gasteiger partial charge on any atom is 0.233 e. The highest BCUT2D eigenvalue weighted by Crippen LogP contribution is 2.30. The Labute approximate surface area is 139 Å². The molecular weight excluding hydrogens is 320 g/mol. The van der Waals surface area contributed by atoms with Gasteiger partial charge in [-0.25, -0.2) is 0 Å². The maximum atomic E-state index is 12.1. The Kier molecular flexibility index (Phi) is 6.05. The lowest BCUT2D eigenvalue weighted by atomic mass is 10.1. The Morgan fingerprint density at radius 1 is 1.50 bits per heavy atom. The summed E-state index contributed by atoms with van der Waals surface area (Å²) in [5.41, 5.74) is -0.0499. The van der Waals surface area contributed by atoms with Gasteiger partial charge in [-0.1, -0.05) is 23.1 Å². The van der Waals surface area contributed by atoms with Gasteiger partial charge in [-0.2, -0.15) is 0 Å². The predicted octanol–water partition coefficient (Wildman–Crippen LogP) is 2.52. The Hall–Kier alpha value is -0.860. The van der Waals surface area contributed by atoms with Crippen LogP contribution in [0.2, 0.25) is 0 Å². The molecule has 1 aromatic heterocycles. The minimum Gasteiger partial charge on any atom is -0.376 e. The molecule has 0 radical (unpaired) electrons. The molecule has 2 atom stereocenters. The third kappa shape index (κ3) is 5.73. The van der Waals surface area contributed by atoms with Gasteiger partial charge in [-0.3, -0.25) is 4.79 Å². The van der Waals surface area contributed by atoms with Gasteiger partial charge < -0.3 is 15.4 Å². The highest BCUT2D eigenvalue weighted by molar-refractivity contribution is 8.02. The number of hydrogen-bond acceptors (Lipinski definition) is 7. The van der Waals surface area contributed by atoms with Crippen molar-refractivity contribution in [1.29, 1.82) is 0 Å². The third-order valence-electron chi connectivity index (χ3n) is 3.06. The molecule has 6 nitrogen and oxygen atoms in total. The molecule has 1 saturated heterocycles. The van der Waals surface area contributed by atoms with Crippen LogP contribution >= 0.6 is 23.1 Å². The SMILES string of the molecule is CC(Sc1nnc(NC(C)(C)C)s1)C(=O)NCC1CCCO1. The molecule has 2 rings (SSSR count). The number of hydrogen-bond donors (Lipinski definition) is 2. The van der Waals surface area contributed by atoms with Gasteiger partial charge in [0.05, 0.1) is 11.4 Å². The standard InChI is InChI=1S/C14H24N4O2S2/c1-9(11(19)15-8-10-6-5-7-20-10)21-13-18-17-12(22-13)16-14(2,3)4/h9-10H,5-8H2,1-4H3,(H,15,19)(H,16,17). The van der Waals surface area contributed by atoms with E-state index in [0.29, 0.717) is 6.54 Å². The van der Waals surface area contributed by atoms with Crippen molar-refractivity contribution in [2.24, 2.45) is 0 Å². The van der Waals surface area contributed by atoms with E-state index in [1.54, 1.807) is 0 Å². The van der Waals surface area contributed by atoms with Gasteiger partial charge in [-0.15, -0.1) is 10.2 Å². The fraction of sp³-hybridized carbons (Fsp3) is 0.786. The van der Waals surface area contributed by atoms with Crippen molar-refractivity contribution in [3.05, 3.63) is 0 Å². The summed E-state index contributed by atoms with van der Waals surface area (Å²) in [6, 6.07) is 0. The smallest absolute Gasteiger partial charge is 0.233 e. The van der Waals surface area contributed by atoms with E-state index in [-0.39, 0.29) is 22.8 Å². The van der Waals surface area contributed by atoms with Crippen molar-refractivity contribution in [3.8, 4) is 0 Å². The molecule has 1 aromatic rings. The molecule has 1 aliphatic rings. The van der Waals surface area contributed by atoms with Crippen LogP contribution in [-0.4, -0.2) is 46.1 Å². The summed E-state index contributed by atoms with van der Waals surface area (Å²) in [5, 5.41) is 15.0. The zero-order valence-corrected chi connectivity index (χ0v) is 15.1. The van der Waals surface area contributed by atoms with Gasteiger partial charge in [-0.05, 0) is 40.5 Å². The second kappa shape index (κ2) is 7.61. The minimum atomic E-state index is -0.197. The lowest BCUT2D eigenvalue weighted by molar-refractivity contribution is -0.120. The van der Waals surface area contributed by atoms with Crippen molar-refractivity contribution in [2.45, 2.75) is 61.8 Å². The van der Waals surface area contributed by atoms with Crippen LogP contribution in [0.25, 0.3) is 0 Å². The Balaban J connectivity index is 1.78. The topological polar surface area (TPSA) is 76.1 Å². The molecule has 2 unspecified atom stereocenters. The van der Waals surface area contributed by atoms with Crippen LogP contribution in [0.15, 0.2) is 4.34 Å². The molecule has 1 amide bonds. The second-order valence-corrected chi connectivity index (χ2v) is 8.95. The molecule has 8 heteroatoms. The Morgan fingerprint density at radius 3 is 2.91 bits per heavy atom. The highest BCUT2D eigenvalue weighted by Gasteiger charge is 2.21. The van der Waals surface area contributed by atoms with Gasteiger partial charge in [0, 0.05) is 18.7 Å². The molecule has 2 heterocycles. The van der Waals surface area contributed by atoms with Crippen LogP contribution in [-0.2, 0) is 9.53 Å². The van der Waals surface area contributed by atoms with Crippen molar-refractivity contribution in [1.82, 2.24) is 15.5 Å². The van der Waals surface area contributed by atoms with Crippen molar-refractivity contribution in [2.75, 3.05) is 18.5 Å². The van der Waals surface area contributed by atoms with Crippen LogP contribution in [0, 0.1) is 0 Å². The number of thioether (sulfide) groups is 1. The summed E-state index contributed by atoms with van der Waals surface area (Å²) < 4.78 is 6.30. The van der Waals surface area contributed by atoms with E-state index in [0.717, 1.165) is 28.9 Å². The lowest BCUT2D eigenvalue weighted by Crippen LogP contribution is -2.36. The number of anilines is 1. The van der Waals surface area contributed by atoms with Gasteiger partial charge in [0.2, 0.25) is 11.0 Å². The molecule has 0 bridgehead atoms. The van der Waals surface area contributed by atoms with E-state index in [1.165, 1.54) is 23.1 Å². The van der Waals surface area contributed by atoms with Gasteiger partial charge >= 0.3 is 0 Å². The number of rotatable bonds is 6. The van der Waals surface area contributed by atoms with Crippen LogP contribution in [0.4, 0.5) is 5.13 Å². The molecule has 1 aliphatic heterocycles. The second-order valence-electron chi connectivity index (χ2n) is 6.39. The number of carbonyl (C=O) groups is 1. The van der Waals surface area contributed by atoms with Crippen molar-refractivity contribution >= 4 is 34.1 Å². The molecule has 0 spiro atoms. The first kappa shape index (κ1) is 17.5. The highest BCUT2D eigenvalue weighted by atomic mass is 32.2. The van der Waals surface area contributed by atoms with Crippen LogP contribution < -0.4 is 10.6 Å². The Morgan fingerprint density at radius 2 is 2.27 bits per heavy atom. The fourth-order valence-corrected chi connectivity index (χ4v) is 4.13. The van der Waals surface area contributed by atoms with E-state index < -0.39 is 0 Å². The average molecular weight is 345 g/mol. The largest absolute Gasteiger partial charge is 0.376 e. The number of aromatic nitrogens is 2. The first-order valence-corrected chi connectivity index (χ1v) is 9.21. The van der Waals surface area contributed by atoms with Gasteiger partial charge in [0.1, 0.15) is 0 Å². The number of ether oxygens (including phenoxy) is 1. The first-order chi connectivity index (χ1) is 10.3. The molecule has 0 aromatic carbocycles. The summed E-state index contributed by atoms with van der Waals surface area (Å²) in [6.07, 6.45) is 2.28. The Bertz CT molecular complexity index is 495. The normalized spacial score (nSPS) is 19.9. The number of nitrogens with zero attached hydrogens (tertiary/aromatic N) is 2. The number of carbonyl (C=O) groups excluding carboxylic acids is 1. The van der Waals surface area contributed by atoms with E-state index in [1.807, 2.05) is 6.92 Å². The molecule has 1 fully saturated rings. The molecule has 2 N–H and O–H groups in total. The van der Waals surface area contributed by atoms with Gasteiger partial charge in [0.25, 0.3) is 0 Å². The predicted molar refractivity (Wildman–Crippen MR) is 90.6 cm³/mol. The third-order valence-corrected chi connectivity index (χ3v) is 5.09. The maximum absolute atomic E-state index is 12.1. The van der Waals surface area contributed by atoms with Crippen LogP contribution in [0.1, 0.15) is 40.5 Å². The zero-order chi connectivity index (χ0) is 16.2. The minimum absolute atomic E-state index is 0.0148. The summed E-state index contributed by atoms with van der Waals surface area (Å²) in [6.45, 7) is 9.50.